The van der Waals surface area contributed by atoms with Crippen LogP contribution in [0.25, 0.3) is 0 Å². The van der Waals surface area contributed by atoms with Crippen LogP contribution in [0.1, 0.15) is 35.4 Å². The molecule has 1 fully saturated rings. The quantitative estimate of drug-likeness (QED) is 0.773. The van der Waals surface area contributed by atoms with Gasteiger partial charge in [0.2, 0.25) is 0 Å². The summed E-state index contributed by atoms with van der Waals surface area (Å²) in [5, 5.41) is 13.0. The van der Waals surface area contributed by atoms with Crippen molar-refractivity contribution < 1.29 is 14.6 Å². The van der Waals surface area contributed by atoms with Crippen LogP contribution in [0, 0.1) is 6.92 Å². The van der Waals surface area contributed by atoms with Crippen molar-refractivity contribution in [1.82, 2.24) is 9.97 Å². The highest BCUT2D eigenvalue weighted by atomic mass is 16.5. The number of nitrogens with one attached hydrogen (secondary N) is 1. The fourth-order valence-electron chi connectivity index (χ4n) is 1.87. The summed E-state index contributed by atoms with van der Waals surface area (Å²) >= 11 is 0. The van der Waals surface area contributed by atoms with Crippen molar-refractivity contribution in [3.05, 3.63) is 17.6 Å². The summed E-state index contributed by atoms with van der Waals surface area (Å²) in [5.74, 6) is 0.485. The second kappa shape index (κ2) is 4.89. The number of carbonyl (C=O) groups excluding carboxylic acids is 1. The summed E-state index contributed by atoms with van der Waals surface area (Å²) < 4.78 is 4.67. The lowest BCUT2D eigenvalue weighted by Gasteiger charge is -2.36. The van der Waals surface area contributed by atoms with Crippen LogP contribution in [0.5, 0.6) is 0 Å². The third-order valence-electron chi connectivity index (χ3n) is 3.18. The molecular weight excluding hydrogens is 234 g/mol. The molecule has 0 bridgehead atoms. The van der Waals surface area contributed by atoms with E-state index < -0.39 is 11.6 Å². The van der Waals surface area contributed by atoms with Gasteiger partial charge < -0.3 is 15.2 Å². The number of carbonyl (C=O) groups is 1. The number of hydrogen-bond donors (Lipinski definition) is 2. The van der Waals surface area contributed by atoms with Crippen LogP contribution >= 0.6 is 0 Å². The minimum Gasteiger partial charge on any atom is -0.465 e. The van der Waals surface area contributed by atoms with Gasteiger partial charge in [-0.05, 0) is 26.2 Å². The van der Waals surface area contributed by atoms with Crippen molar-refractivity contribution in [3.8, 4) is 0 Å². The van der Waals surface area contributed by atoms with E-state index in [-0.39, 0.29) is 5.56 Å². The lowest BCUT2D eigenvalue weighted by molar-refractivity contribution is -0.0203. The highest BCUT2D eigenvalue weighted by Gasteiger charge is 2.34. The highest BCUT2D eigenvalue weighted by molar-refractivity contribution is 5.94. The topological polar surface area (TPSA) is 84.3 Å². The number of hydrogen-bond acceptors (Lipinski definition) is 6. The van der Waals surface area contributed by atoms with E-state index >= 15 is 0 Å². The van der Waals surface area contributed by atoms with E-state index in [0.29, 0.717) is 18.2 Å². The minimum absolute atomic E-state index is 0.283. The van der Waals surface area contributed by atoms with Crippen molar-refractivity contribution in [2.45, 2.75) is 31.8 Å². The van der Waals surface area contributed by atoms with Gasteiger partial charge in [-0.2, -0.15) is 0 Å². The standard InChI is InChI=1S/C12H17N3O3/c1-8-13-6-9(11(16)18-2)10(15-8)14-7-12(17)4-3-5-12/h6,17H,3-5,7H2,1-2H3,(H,13,14,15). The van der Waals surface area contributed by atoms with Crippen LogP contribution in [0.15, 0.2) is 6.20 Å². The number of ether oxygens (including phenoxy) is 1. The first-order chi connectivity index (χ1) is 8.54. The zero-order valence-corrected chi connectivity index (χ0v) is 10.6. The molecule has 1 aliphatic rings. The predicted molar refractivity (Wildman–Crippen MR) is 65.4 cm³/mol. The second-order valence-electron chi connectivity index (χ2n) is 4.60. The molecule has 0 aliphatic heterocycles. The monoisotopic (exact) mass is 251 g/mol. The average molecular weight is 251 g/mol. The van der Waals surface area contributed by atoms with E-state index in [0.717, 1.165) is 19.3 Å². The molecule has 98 valence electrons. The molecule has 1 aromatic rings. The molecule has 2 rings (SSSR count). The van der Waals surface area contributed by atoms with Gasteiger partial charge in [-0.15, -0.1) is 0 Å². The van der Waals surface area contributed by atoms with E-state index in [9.17, 15) is 9.90 Å². The van der Waals surface area contributed by atoms with Gasteiger partial charge in [0, 0.05) is 12.7 Å². The lowest BCUT2D eigenvalue weighted by Crippen LogP contribution is -2.43. The molecule has 0 atom stereocenters. The van der Waals surface area contributed by atoms with E-state index in [1.165, 1.54) is 13.3 Å². The SMILES string of the molecule is COC(=O)c1cnc(C)nc1NCC1(O)CCC1. The van der Waals surface area contributed by atoms with Crippen molar-refractivity contribution in [1.29, 1.82) is 0 Å². The number of aromatic nitrogens is 2. The maximum absolute atomic E-state index is 11.5. The molecule has 1 aromatic heterocycles. The first kappa shape index (κ1) is 12.8. The molecule has 1 aliphatic carbocycles. The summed E-state index contributed by atoms with van der Waals surface area (Å²) in [6.07, 6.45) is 4.02. The van der Waals surface area contributed by atoms with E-state index in [2.05, 4.69) is 20.0 Å². The Morgan fingerprint density at radius 3 is 2.89 bits per heavy atom. The van der Waals surface area contributed by atoms with Gasteiger partial charge in [0.15, 0.2) is 0 Å². The molecule has 18 heavy (non-hydrogen) atoms. The van der Waals surface area contributed by atoms with Gasteiger partial charge in [-0.1, -0.05) is 0 Å². The summed E-state index contributed by atoms with van der Waals surface area (Å²) in [5.41, 5.74) is -0.391. The number of aryl methyl sites for hydroxylation is 1. The number of methoxy groups -OCH3 is 1. The fraction of sp³-hybridized carbons (Fsp3) is 0.583. The molecule has 6 nitrogen and oxygen atoms in total. The molecule has 0 unspecified atom stereocenters. The Labute approximate surface area is 105 Å². The summed E-state index contributed by atoms with van der Waals surface area (Å²) in [6.45, 7) is 2.12. The zero-order chi connectivity index (χ0) is 13.2. The van der Waals surface area contributed by atoms with Gasteiger partial charge in [-0.25, -0.2) is 14.8 Å². The highest BCUT2D eigenvalue weighted by Crippen LogP contribution is 2.31. The van der Waals surface area contributed by atoms with Gasteiger partial charge >= 0.3 is 5.97 Å². The molecule has 1 heterocycles. The smallest absolute Gasteiger partial charge is 0.343 e. The molecule has 0 aromatic carbocycles. The van der Waals surface area contributed by atoms with Crippen molar-refractivity contribution in [2.75, 3.05) is 19.0 Å². The molecule has 2 N–H and O–H groups in total. The van der Waals surface area contributed by atoms with Gasteiger partial charge in [-0.3, -0.25) is 0 Å². The largest absolute Gasteiger partial charge is 0.465 e. The fourth-order valence-corrected chi connectivity index (χ4v) is 1.87. The van der Waals surface area contributed by atoms with Crippen LogP contribution in [-0.2, 0) is 4.74 Å². The Balaban J connectivity index is 2.14. The van der Waals surface area contributed by atoms with Crippen LogP contribution < -0.4 is 5.32 Å². The molecule has 0 amide bonds. The maximum atomic E-state index is 11.5. The number of rotatable bonds is 4. The Morgan fingerprint density at radius 2 is 2.33 bits per heavy atom. The van der Waals surface area contributed by atoms with Crippen LogP contribution in [0.4, 0.5) is 5.82 Å². The summed E-state index contributed by atoms with van der Waals surface area (Å²) in [6, 6.07) is 0. The van der Waals surface area contributed by atoms with Gasteiger partial charge in [0.25, 0.3) is 0 Å². The first-order valence-electron chi connectivity index (χ1n) is 5.92. The Kier molecular flexibility index (Phi) is 3.47. The van der Waals surface area contributed by atoms with Crippen LogP contribution in [-0.4, -0.2) is 40.3 Å². The molecule has 0 saturated heterocycles. The first-order valence-corrected chi connectivity index (χ1v) is 5.92. The van der Waals surface area contributed by atoms with Gasteiger partial charge in [0.1, 0.15) is 17.2 Å². The molecule has 0 radical (unpaired) electrons. The molecular formula is C12H17N3O3. The summed E-state index contributed by atoms with van der Waals surface area (Å²) in [7, 11) is 1.31. The summed E-state index contributed by atoms with van der Waals surface area (Å²) in [4.78, 5) is 19.7. The average Bonchev–Trinajstić information content (AvgIpc) is 2.33. The number of esters is 1. The normalized spacial score (nSPS) is 16.8. The molecule has 0 spiro atoms. The van der Waals surface area contributed by atoms with E-state index in [4.69, 9.17) is 0 Å². The third kappa shape index (κ3) is 2.59. The number of anilines is 1. The predicted octanol–water partition coefficient (Wildman–Crippen LogP) is 0.899. The molecule has 6 heteroatoms. The van der Waals surface area contributed by atoms with E-state index in [1.807, 2.05) is 0 Å². The van der Waals surface area contributed by atoms with Crippen molar-refractivity contribution in [2.24, 2.45) is 0 Å². The Morgan fingerprint density at radius 1 is 1.61 bits per heavy atom. The van der Waals surface area contributed by atoms with Gasteiger partial charge in [0.05, 0.1) is 12.7 Å². The van der Waals surface area contributed by atoms with Crippen molar-refractivity contribution >= 4 is 11.8 Å². The zero-order valence-electron chi connectivity index (χ0n) is 10.6. The Hall–Kier alpha value is -1.69. The Bertz CT molecular complexity index is 458. The second-order valence-corrected chi connectivity index (χ2v) is 4.60. The number of nitrogens with zero attached hydrogens (tertiary/aromatic N) is 2. The lowest BCUT2D eigenvalue weighted by atomic mass is 9.80. The van der Waals surface area contributed by atoms with Crippen LogP contribution in [0.2, 0.25) is 0 Å². The number of aliphatic hydroxyl groups is 1. The minimum atomic E-state index is -0.674. The van der Waals surface area contributed by atoms with E-state index in [1.54, 1.807) is 6.92 Å². The molecule has 1 saturated carbocycles. The van der Waals surface area contributed by atoms with Crippen molar-refractivity contribution in [3.63, 3.8) is 0 Å². The maximum Gasteiger partial charge on any atom is 0.343 e. The van der Waals surface area contributed by atoms with Crippen LogP contribution in [0.3, 0.4) is 0 Å². The third-order valence-corrected chi connectivity index (χ3v) is 3.18.